The molecule has 0 aromatic heterocycles. The molecule has 2 aliphatic carbocycles. The number of esters is 1. The molecule has 2 atom stereocenters. The van der Waals surface area contributed by atoms with Crippen LogP contribution in [0, 0.1) is 19.3 Å². The van der Waals surface area contributed by atoms with Crippen molar-refractivity contribution in [1.29, 1.82) is 0 Å². The highest BCUT2D eigenvalue weighted by Crippen LogP contribution is 2.53. The largest absolute Gasteiger partial charge is 0.497 e. The van der Waals surface area contributed by atoms with Crippen LogP contribution < -0.4 is 0 Å². The molecule has 1 aromatic rings. The fraction of sp³-hybridized carbons (Fsp3) is 0.500. The van der Waals surface area contributed by atoms with Crippen LogP contribution in [0.5, 0.6) is 0 Å². The first-order valence-electron chi connectivity index (χ1n) is 11.1. The van der Waals surface area contributed by atoms with Crippen LogP contribution in [-0.2, 0) is 14.2 Å². The minimum absolute atomic E-state index is 0.0618. The van der Waals surface area contributed by atoms with Gasteiger partial charge in [-0.1, -0.05) is 23.8 Å². The third-order valence-corrected chi connectivity index (χ3v) is 7.33. The monoisotopic (exact) mass is 423 g/mol. The van der Waals surface area contributed by atoms with Gasteiger partial charge in [0.2, 0.25) is 0 Å². The fourth-order valence-corrected chi connectivity index (χ4v) is 5.60. The first-order valence-corrected chi connectivity index (χ1v) is 11.1. The molecule has 3 aliphatic rings. The van der Waals surface area contributed by atoms with Crippen molar-refractivity contribution < 1.29 is 19.0 Å². The number of hydrogen-bond acceptors (Lipinski definition) is 5. The second kappa shape index (κ2) is 8.54. The molecule has 166 valence electrons. The molecule has 0 amide bonds. The van der Waals surface area contributed by atoms with E-state index in [4.69, 9.17) is 14.2 Å². The summed E-state index contributed by atoms with van der Waals surface area (Å²) >= 11 is 0. The lowest BCUT2D eigenvalue weighted by Crippen LogP contribution is -2.41. The molecule has 5 heteroatoms. The van der Waals surface area contributed by atoms with Crippen molar-refractivity contribution in [2.45, 2.75) is 52.0 Å². The van der Waals surface area contributed by atoms with Gasteiger partial charge in [0.15, 0.2) is 5.76 Å². The molecule has 0 N–H and O–H groups in total. The molecule has 5 nitrogen and oxygen atoms in total. The van der Waals surface area contributed by atoms with E-state index in [1.54, 1.807) is 14.2 Å². The Bertz CT molecular complexity index is 953. The molecule has 1 aliphatic heterocycles. The maximum absolute atomic E-state index is 12.9. The zero-order chi connectivity index (χ0) is 22.2. The van der Waals surface area contributed by atoms with E-state index in [1.165, 1.54) is 5.57 Å². The Balaban J connectivity index is 1.61. The summed E-state index contributed by atoms with van der Waals surface area (Å²) in [6, 6.07) is 6.10. The van der Waals surface area contributed by atoms with Crippen molar-refractivity contribution in [3.05, 3.63) is 69.9 Å². The van der Waals surface area contributed by atoms with Crippen molar-refractivity contribution >= 4 is 5.97 Å². The number of fused-ring (bicyclic) bond motifs is 1. The molecule has 4 rings (SSSR count). The molecule has 1 fully saturated rings. The van der Waals surface area contributed by atoms with Crippen LogP contribution in [0.15, 0.2) is 53.2 Å². The number of ether oxygens (including phenoxy) is 3. The molecular weight excluding hydrogens is 390 g/mol. The van der Waals surface area contributed by atoms with Gasteiger partial charge in [-0.05, 0) is 70.0 Å². The van der Waals surface area contributed by atoms with Crippen LogP contribution in [-0.4, -0.2) is 44.7 Å². The van der Waals surface area contributed by atoms with Crippen LogP contribution in [0.3, 0.4) is 0 Å². The molecule has 0 unspecified atom stereocenters. The molecule has 0 saturated carbocycles. The minimum Gasteiger partial charge on any atom is -0.497 e. The van der Waals surface area contributed by atoms with Gasteiger partial charge in [-0.15, -0.1) is 0 Å². The Labute approximate surface area is 185 Å². The number of carbonyl (C=O) groups is 1. The maximum Gasteiger partial charge on any atom is 0.343 e. The SMILES string of the molecule is COC1=C(OC)CCC([C@@]23CCC(OC(=O)c4c(C)cccc4C)=C[C@@H]2N(C)CC3)=C1. The van der Waals surface area contributed by atoms with E-state index in [9.17, 15) is 4.79 Å². The Morgan fingerprint density at radius 3 is 2.48 bits per heavy atom. The van der Waals surface area contributed by atoms with Crippen molar-refractivity contribution in [2.75, 3.05) is 27.8 Å². The number of benzene rings is 1. The van der Waals surface area contributed by atoms with Gasteiger partial charge in [-0.3, -0.25) is 4.90 Å². The summed E-state index contributed by atoms with van der Waals surface area (Å²) in [6.07, 6.45) is 9.06. The van der Waals surface area contributed by atoms with Gasteiger partial charge >= 0.3 is 5.97 Å². The highest BCUT2D eigenvalue weighted by molar-refractivity contribution is 5.93. The molecule has 31 heavy (non-hydrogen) atoms. The molecule has 0 spiro atoms. The van der Waals surface area contributed by atoms with E-state index >= 15 is 0 Å². The molecular formula is C26H33NO4. The lowest BCUT2D eigenvalue weighted by molar-refractivity contribution is 0.0583. The summed E-state index contributed by atoms with van der Waals surface area (Å²) in [5.41, 5.74) is 4.07. The number of likely N-dealkylation sites (tertiary alicyclic amines) is 1. The topological polar surface area (TPSA) is 48.0 Å². The standard InChI is InChI=1S/C26H33NO4/c1-17-7-6-8-18(2)24(17)25(28)31-20-11-12-26(13-14-27(3)23(26)16-20)19-9-10-21(29-4)22(15-19)30-5/h6-8,15-16,23H,9-14H2,1-5H3/t23-,26-/m0/s1. The number of methoxy groups -OCH3 is 2. The Kier molecular flexibility index (Phi) is 5.98. The van der Waals surface area contributed by atoms with Crippen molar-refractivity contribution in [3.8, 4) is 0 Å². The summed E-state index contributed by atoms with van der Waals surface area (Å²) in [6.45, 7) is 4.94. The van der Waals surface area contributed by atoms with E-state index in [0.29, 0.717) is 5.56 Å². The highest BCUT2D eigenvalue weighted by Gasteiger charge is 2.50. The molecule has 1 aromatic carbocycles. The molecule has 0 radical (unpaired) electrons. The Hall–Kier alpha value is -2.53. The highest BCUT2D eigenvalue weighted by atomic mass is 16.5. The smallest absolute Gasteiger partial charge is 0.343 e. The summed E-state index contributed by atoms with van der Waals surface area (Å²) < 4.78 is 17.1. The summed E-state index contributed by atoms with van der Waals surface area (Å²) in [5, 5.41) is 0. The first kappa shape index (κ1) is 21.7. The van der Waals surface area contributed by atoms with E-state index in [0.717, 1.165) is 67.1 Å². The second-order valence-corrected chi connectivity index (χ2v) is 8.99. The quantitative estimate of drug-likeness (QED) is 0.620. The predicted octanol–water partition coefficient (Wildman–Crippen LogP) is 5.05. The number of likely N-dealkylation sites (N-methyl/N-ethyl adjacent to an activating group) is 1. The maximum atomic E-state index is 12.9. The molecule has 1 heterocycles. The number of rotatable bonds is 5. The number of carbonyl (C=O) groups excluding carboxylic acids is 1. The van der Waals surface area contributed by atoms with Crippen LogP contribution in [0.1, 0.15) is 53.6 Å². The summed E-state index contributed by atoms with van der Waals surface area (Å²) in [7, 11) is 5.57. The number of allylic oxidation sites excluding steroid dienone is 3. The van der Waals surface area contributed by atoms with Crippen molar-refractivity contribution in [2.24, 2.45) is 5.41 Å². The first-order chi connectivity index (χ1) is 14.9. The third-order valence-electron chi connectivity index (χ3n) is 7.33. The molecule has 1 saturated heterocycles. The van der Waals surface area contributed by atoms with Crippen LogP contribution >= 0.6 is 0 Å². The van der Waals surface area contributed by atoms with Crippen LogP contribution in [0.25, 0.3) is 0 Å². The van der Waals surface area contributed by atoms with E-state index in [2.05, 4.69) is 24.1 Å². The van der Waals surface area contributed by atoms with E-state index in [-0.39, 0.29) is 17.4 Å². The van der Waals surface area contributed by atoms with Gasteiger partial charge in [0.1, 0.15) is 11.5 Å². The van der Waals surface area contributed by atoms with Crippen molar-refractivity contribution in [1.82, 2.24) is 4.90 Å². The fourth-order valence-electron chi connectivity index (χ4n) is 5.60. The van der Waals surface area contributed by atoms with Gasteiger partial charge < -0.3 is 14.2 Å². The van der Waals surface area contributed by atoms with Crippen LogP contribution in [0.4, 0.5) is 0 Å². The summed E-state index contributed by atoms with van der Waals surface area (Å²) in [5.74, 6) is 2.29. The van der Waals surface area contributed by atoms with Gasteiger partial charge in [-0.25, -0.2) is 4.79 Å². The third kappa shape index (κ3) is 3.80. The zero-order valence-electron chi connectivity index (χ0n) is 19.3. The number of hydrogen-bond donors (Lipinski definition) is 0. The Morgan fingerprint density at radius 1 is 1.06 bits per heavy atom. The van der Waals surface area contributed by atoms with Crippen LogP contribution in [0.2, 0.25) is 0 Å². The molecule has 0 bridgehead atoms. The normalized spacial score (nSPS) is 26.2. The lowest BCUT2D eigenvalue weighted by Gasteiger charge is -2.42. The second-order valence-electron chi connectivity index (χ2n) is 8.99. The zero-order valence-corrected chi connectivity index (χ0v) is 19.3. The van der Waals surface area contributed by atoms with Gasteiger partial charge in [0, 0.05) is 24.3 Å². The minimum atomic E-state index is -0.249. The summed E-state index contributed by atoms with van der Waals surface area (Å²) in [4.78, 5) is 15.3. The average Bonchev–Trinajstić information content (AvgIpc) is 3.10. The van der Waals surface area contributed by atoms with Gasteiger partial charge in [0.05, 0.1) is 19.8 Å². The number of aryl methyl sites for hydroxylation is 2. The van der Waals surface area contributed by atoms with Gasteiger partial charge in [0.25, 0.3) is 0 Å². The van der Waals surface area contributed by atoms with E-state index < -0.39 is 0 Å². The van der Waals surface area contributed by atoms with Crippen molar-refractivity contribution in [3.63, 3.8) is 0 Å². The Morgan fingerprint density at radius 2 is 1.81 bits per heavy atom. The van der Waals surface area contributed by atoms with E-state index in [1.807, 2.05) is 32.0 Å². The predicted molar refractivity (Wildman–Crippen MR) is 120 cm³/mol. The average molecular weight is 424 g/mol. The van der Waals surface area contributed by atoms with Gasteiger partial charge in [-0.2, -0.15) is 0 Å². The number of nitrogens with zero attached hydrogens (tertiary/aromatic N) is 1. The lowest BCUT2D eigenvalue weighted by atomic mass is 9.65.